The lowest BCUT2D eigenvalue weighted by molar-refractivity contribution is -0.0528. The van der Waals surface area contributed by atoms with Crippen molar-refractivity contribution in [2.45, 2.75) is 6.61 Å². The molecular weight excluding hydrogens is 354 g/mol. The number of hydrogen-bond donors (Lipinski definition) is 2. The Morgan fingerprint density at radius 3 is 2.62 bits per heavy atom. The molecule has 3 aromatic rings. The van der Waals surface area contributed by atoms with Gasteiger partial charge in [0.05, 0.1) is 23.1 Å². The first-order chi connectivity index (χ1) is 12.5. The van der Waals surface area contributed by atoms with Gasteiger partial charge in [0.15, 0.2) is 0 Å². The predicted molar refractivity (Wildman–Crippen MR) is 84.6 cm³/mol. The van der Waals surface area contributed by atoms with E-state index in [2.05, 4.69) is 30.2 Å². The monoisotopic (exact) mass is 363 g/mol. The van der Waals surface area contributed by atoms with Crippen molar-refractivity contribution in [2.75, 3.05) is 5.32 Å². The number of rotatable bonds is 3. The second kappa shape index (κ2) is 6.14. The van der Waals surface area contributed by atoms with E-state index in [1.807, 2.05) is 0 Å². The summed E-state index contributed by atoms with van der Waals surface area (Å²) in [7, 11) is 0. The number of halogens is 4. The first-order valence-corrected chi connectivity index (χ1v) is 7.32. The molecule has 0 unspecified atom stereocenters. The zero-order chi connectivity index (χ0) is 18.3. The highest BCUT2D eigenvalue weighted by molar-refractivity contribution is 6.13. The quantitative estimate of drug-likeness (QED) is 0.693. The van der Waals surface area contributed by atoms with Crippen LogP contribution in [0.3, 0.4) is 0 Å². The third kappa shape index (κ3) is 2.75. The minimum absolute atomic E-state index is 0.105. The van der Waals surface area contributed by atoms with Gasteiger partial charge in [0.25, 0.3) is 0 Å². The molecule has 0 amide bonds. The van der Waals surface area contributed by atoms with Crippen molar-refractivity contribution in [1.82, 2.24) is 15.2 Å². The normalized spacial score (nSPS) is 12.7. The molecule has 132 valence electrons. The van der Waals surface area contributed by atoms with Crippen LogP contribution in [0.4, 0.5) is 28.9 Å². The highest BCUT2D eigenvalue weighted by Crippen LogP contribution is 2.38. The summed E-state index contributed by atoms with van der Waals surface area (Å²) in [5.74, 6) is -2.06. The summed E-state index contributed by atoms with van der Waals surface area (Å²) in [5.41, 5.74) is 0.811. The number of alkyl halides is 2. The lowest BCUT2D eigenvalue weighted by Gasteiger charge is -2.09. The minimum atomic E-state index is -3.05. The van der Waals surface area contributed by atoms with Crippen LogP contribution in [0.1, 0.15) is 5.56 Å². The first kappa shape index (κ1) is 16.1. The second-order valence-electron chi connectivity index (χ2n) is 5.25. The molecule has 26 heavy (non-hydrogen) atoms. The number of nitrogens with one attached hydrogen (secondary N) is 2. The lowest BCUT2D eigenvalue weighted by atomic mass is 10.1. The van der Waals surface area contributed by atoms with Gasteiger partial charge in [0.1, 0.15) is 23.2 Å². The van der Waals surface area contributed by atoms with Crippen LogP contribution in [0, 0.1) is 11.6 Å². The molecule has 0 radical (unpaired) electrons. The van der Waals surface area contributed by atoms with Gasteiger partial charge in [-0.15, -0.1) is 0 Å². The third-order valence-corrected chi connectivity index (χ3v) is 3.65. The van der Waals surface area contributed by atoms with E-state index < -0.39 is 18.2 Å². The van der Waals surface area contributed by atoms with Crippen LogP contribution in [0.5, 0.6) is 5.88 Å². The maximum absolute atomic E-state index is 14.1. The minimum Gasteiger partial charge on any atom is -0.417 e. The molecule has 1 aliphatic rings. The zero-order valence-electron chi connectivity index (χ0n) is 12.8. The Kier molecular flexibility index (Phi) is 3.79. The van der Waals surface area contributed by atoms with Crippen LogP contribution in [0.25, 0.3) is 11.3 Å². The molecule has 3 heterocycles. The molecule has 0 saturated carbocycles. The van der Waals surface area contributed by atoms with Crippen LogP contribution in [0.2, 0.25) is 0 Å². The molecule has 10 heteroatoms. The molecule has 0 spiro atoms. The third-order valence-electron chi connectivity index (χ3n) is 3.65. The van der Waals surface area contributed by atoms with Crippen LogP contribution < -0.4 is 10.1 Å². The van der Waals surface area contributed by atoms with Crippen molar-refractivity contribution >= 4 is 17.2 Å². The summed E-state index contributed by atoms with van der Waals surface area (Å²) in [6.45, 7) is -3.05. The largest absolute Gasteiger partial charge is 0.417 e. The van der Waals surface area contributed by atoms with Gasteiger partial charge in [-0.25, -0.2) is 18.8 Å². The van der Waals surface area contributed by atoms with Gasteiger partial charge in [0, 0.05) is 17.8 Å². The van der Waals surface area contributed by atoms with E-state index in [1.165, 1.54) is 18.3 Å². The van der Waals surface area contributed by atoms with Crippen molar-refractivity contribution in [1.29, 1.82) is 0 Å². The fraction of sp³-hybridized carbons (Fsp3) is 0.0625. The van der Waals surface area contributed by atoms with Crippen LogP contribution >= 0.6 is 0 Å². The molecule has 1 aliphatic heterocycles. The topological polar surface area (TPSA) is 75.2 Å². The predicted octanol–water partition coefficient (Wildman–Crippen LogP) is 3.86. The smallest absolute Gasteiger partial charge is 0.388 e. The first-order valence-electron chi connectivity index (χ1n) is 7.32. The van der Waals surface area contributed by atoms with Gasteiger partial charge < -0.3 is 10.1 Å². The molecule has 4 rings (SSSR count). The van der Waals surface area contributed by atoms with E-state index in [0.29, 0.717) is 16.9 Å². The van der Waals surface area contributed by atoms with E-state index in [-0.39, 0.29) is 23.0 Å². The highest BCUT2D eigenvalue weighted by Gasteiger charge is 2.24. The van der Waals surface area contributed by atoms with Gasteiger partial charge in [-0.1, -0.05) is 6.07 Å². The number of H-pyrrole nitrogens is 1. The Morgan fingerprint density at radius 2 is 1.88 bits per heavy atom. The number of hydrogen-bond acceptors (Lipinski definition) is 5. The number of aliphatic imine (C=N–C) groups is 1. The van der Waals surface area contributed by atoms with Crippen molar-refractivity contribution in [2.24, 2.45) is 4.99 Å². The molecule has 2 aromatic heterocycles. The van der Waals surface area contributed by atoms with E-state index in [9.17, 15) is 17.6 Å². The number of pyridine rings is 1. The molecule has 1 aromatic carbocycles. The molecule has 6 nitrogen and oxygen atoms in total. The number of anilines is 1. The molecule has 0 bridgehead atoms. The van der Waals surface area contributed by atoms with Gasteiger partial charge in [-0.05, 0) is 12.1 Å². The Morgan fingerprint density at radius 1 is 1.12 bits per heavy atom. The molecule has 0 fully saturated rings. The highest BCUT2D eigenvalue weighted by atomic mass is 19.3. The Hall–Kier alpha value is -3.43. The second-order valence-corrected chi connectivity index (χ2v) is 5.25. The SMILES string of the molecule is Fc1cccc(F)c1C1=Nc2cnc(OC(F)F)cc2-c2n[nH]cc2N1. The summed E-state index contributed by atoms with van der Waals surface area (Å²) >= 11 is 0. The molecule has 0 saturated heterocycles. The molecule has 2 N–H and O–H groups in total. The average Bonchev–Trinajstić information content (AvgIpc) is 2.98. The fourth-order valence-electron chi connectivity index (χ4n) is 2.57. The number of benzene rings is 1. The van der Waals surface area contributed by atoms with Crippen molar-refractivity contribution in [3.63, 3.8) is 0 Å². The van der Waals surface area contributed by atoms with Gasteiger partial charge in [0.2, 0.25) is 5.88 Å². The van der Waals surface area contributed by atoms with Gasteiger partial charge in [-0.3, -0.25) is 5.10 Å². The standard InChI is InChI=1S/C16H9F4N5O/c17-8-2-1-3-9(18)13(8)15-23-10-5-21-12(26-16(19)20)4-7(10)14-11(24-15)6-22-25-14/h1-6,16H,(H,22,25)(H,23,24). The van der Waals surface area contributed by atoms with E-state index in [4.69, 9.17) is 0 Å². The van der Waals surface area contributed by atoms with Crippen molar-refractivity contribution in [3.8, 4) is 17.1 Å². The lowest BCUT2D eigenvalue weighted by Crippen LogP contribution is -2.16. The zero-order valence-corrected chi connectivity index (χ0v) is 12.8. The number of amidine groups is 1. The van der Waals surface area contributed by atoms with Crippen LogP contribution in [0.15, 0.2) is 41.7 Å². The number of ether oxygens (including phenoxy) is 1. The van der Waals surface area contributed by atoms with Crippen molar-refractivity contribution in [3.05, 3.63) is 53.9 Å². The number of aromatic amines is 1. The fourth-order valence-corrected chi connectivity index (χ4v) is 2.57. The Labute approximate surface area is 143 Å². The van der Waals surface area contributed by atoms with E-state index in [0.717, 1.165) is 18.3 Å². The molecular formula is C16H9F4N5O. The van der Waals surface area contributed by atoms with E-state index in [1.54, 1.807) is 0 Å². The molecule has 0 atom stereocenters. The summed E-state index contributed by atoms with van der Waals surface area (Å²) in [6.07, 6.45) is 2.62. The Balaban J connectivity index is 1.90. The number of nitrogens with zero attached hydrogens (tertiary/aromatic N) is 3. The maximum atomic E-state index is 14.1. The van der Waals surface area contributed by atoms with Crippen LogP contribution in [-0.4, -0.2) is 27.6 Å². The van der Waals surface area contributed by atoms with Gasteiger partial charge >= 0.3 is 6.61 Å². The average molecular weight is 363 g/mol. The van der Waals surface area contributed by atoms with E-state index >= 15 is 0 Å². The molecule has 0 aliphatic carbocycles. The van der Waals surface area contributed by atoms with Gasteiger partial charge in [-0.2, -0.15) is 13.9 Å². The van der Waals surface area contributed by atoms with Crippen molar-refractivity contribution < 1.29 is 22.3 Å². The summed E-state index contributed by atoms with van der Waals surface area (Å²) < 4.78 is 57.5. The number of fused-ring (bicyclic) bond motifs is 3. The summed E-state index contributed by atoms with van der Waals surface area (Å²) in [5, 5.41) is 9.44. The summed E-state index contributed by atoms with van der Waals surface area (Å²) in [4.78, 5) is 7.95. The Bertz CT molecular complexity index is 997. The summed E-state index contributed by atoms with van der Waals surface area (Å²) in [6, 6.07) is 4.66. The van der Waals surface area contributed by atoms with Crippen LogP contribution in [-0.2, 0) is 0 Å². The number of aromatic nitrogens is 3. The maximum Gasteiger partial charge on any atom is 0.388 e.